The molecule has 3 aliphatic rings. The number of allylic oxidation sites excluding steroid dienone is 1. The van der Waals surface area contributed by atoms with Gasteiger partial charge in [-0.25, -0.2) is 9.78 Å². The number of hydrogen-bond acceptors (Lipinski definition) is 6. The lowest BCUT2D eigenvalue weighted by atomic mass is 10.0. The topological polar surface area (TPSA) is 79.5 Å². The van der Waals surface area contributed by atoms with Crippen LogP contribution in [-0.2, 0) is 0 Å². The lowest BCUT2D eigenvalue weighted by Gasteiger charge is -2.17. The fraction of sp³-hybridized carbons (Fsp3) is 0.296. The third kappa shape index (κ3) is 3.72. The molecule has 4 aromatic rings. The lowest BCUT2D eigenvalue weighted by Crippen LogP contribution is -2.23. The Balaban J connectivity index is 1.10. The average Bonchev–Trinajstić information content (AvgIpc) is 3.62. The molecule has 3 heterocycles. The second-order valence-corrected chi connectivity index (χ2v) is 11.7. The van der Waals surface area contributed by atoms with Gasteiger partial charge in [-0.2, -0.15) is 0 Å². The average molecular weight is 538 g/mol. The zero-order valence-electron chi connectivity index (χ0n) is 19.0. The fourth-order valence-electron chi connectivity index (χ4n) is 5.42. The van der Waals surface area contributed by atoms with Gasteiger partial charge in [0.25, 0.3) is 0 Å². The van der Waals surface area contributed by atoms with Crippen LogP contribution < -0.4 is 4.90 Å². The second-order valence-electron chi connectivity index (χ2n) is 9.83. The maximum atomic E-state index is 11.3. The predicted octanol–water partition coefficient (Wildman–Crippen LogP) is 7.23. The third-order valence-corrected chi connectivity index (χ3v) is 9.25. The van der Waals surface area contributed by atoms with E-state index in [4.69, 9.17) is 32.7 Å². The number of anilines is 1. The van der Waals surface area contributed by atoms with E-state index < -0.39 is 5.97 Å². The number of rotatable bonds is 6. The van der Waals surface area contributed by atoms with Crippen LogP contribution in [0.1, 0.15) is 40.4 Å². The minimum Gasteiger partial charge on any atom is -0.478 e. The Morgan fingerprint density at radius 1 is 1.14 bits per heavy atom. The van der Waals surface area contributed by atoms with Gasteiger partial charge in [0, 0.05) is 30.1 Å². The Morgan fingerprint density at radius 2 is 1.89 bits per heavy atom. The summed E-state index contributed by atoms with van der Waals surface area (Å²) < 4.78 is 6.70. The van der Waals surface area contributed by atoms with Crippen molar-refractivity contribution < 1.29 is 14.4 Å². The van der Waals surface area contributed by atoms with Crippen molar-refractivity contribution in [3.05, 3.63) is 69.4 Å². The number of nitrogens with zero attached hydrogens (tertiary/aromatic N) is 3. The van der Waals surface area contributed by atoms with Gasteiger partial charge >= 0.3 is 5.97 Å². The van der Waals surface area contributed by atoms with Crippen LogP contribution in [0.25, 0.3) is 27.6 Å². The van der Waals surface area contributed by atoms with E-state index in [9.17, 15) is 9.90 Å². The van der Waals surface area contributed by atoms with E-state index in [0.29, 0.717) is 45.0 Å². The van der Waals surface area contributed by atoms with E-state index in [1.165, 1.54) is 0 Å². The molecule has 182 valence electrons. The molecule has 2 aliphatic carbocycles. The van der Waals surface area contributed by atoms with Crippen molar-refractivity contribution in [1.82, 2.24) is 10.1 Å². The van der Waals surface area contributed by atoms with E-state index in [1.807, 2.05) is 18.2 Å². The number of aromatic nitrogens is 2. The molecule has 0 spiro atoms. The van der Waals surface area contributed by atoms with Crippen molar-refractivity contribution in [3.63, 3.8) is 0 Å². The van der Waals surface area contributed by atoms with Crippen molar-refractivity contribution >= 4 is 61.9 Å². The van der Waals surface area contributed by atoms with Crippen molar-refractivity contribution in [2.75, 3.05) is 18.0 Å². The summed E-state index contributed by atoms with van der Waals surface area (Å²) in [5.41, 5.74) is 3.58. The summed E-state index contributed by atoms with van der Waals surface area (Å²) in [6.45, 7) is 1.90. The molecule has 2 atom stereocenters. The molecule has 2 unspecified atom stereocenters. The highest BCUT2D eigenvalue weighted by Gasteiger charge is 2.54. The first-order chi connectivity index (χ1) is 17.5. The van der Waals surface area contributed by atoms with Crippen molar-refractivity contribution in [2.24, 2.45) is 17.8 Å². The number of thiazole rings is 1. The van der Waals surface area contributed by atoms with Crippen LogP contribution in [0.3, 0.4) is 0 Å². The maximum absolute atomic E-state index is 11.3. The minimum absolute atomic E-state index is 0.295. The highest BCUT2D eigenvalue weighted by Crippen LogP contribution is 2.54. The molecule has 9 heteroatoms. The molecule has 2 saturated carbocycles. The molecule has 36 heavy (non-hydrogen) atoms. The van der Waals surface area contributed by atoms with Gasteiger partial charge in [-0.05, 0) is 60.9 Å². The van der Waals surface area contributed by atoms with E-state index >= 15 is 0 Å². The Morgan fingerprint density at radius 3 is 2.58 bits per heavy atom. The van der Waals surface area contributed by atoms with Gasteiger partial charge in [-0.1, -0.05) is 57.9 Å². The monoisotopic (exact) mass is 537 g/mol. The van der Waals surface area contributed by atoms with Crippen LogP contribution >= 0.6 is 34.5 Å². The van der Waals surface area contributed by atoms with Gasteiger partial charge in [-0.15, -0.1) is 0 Å². The molecular weight excluding hydrogens is 517 g/mol. The Kier molecular flexibility index (Phi) is 5.17. The first-order valence-corrected chi connectivity index (χ1v) is 13.6. The number of aromatic carboxylic acids is 1. The molecule has 1 aliphatic heterocycles. The molecule has 2 aromatic heterocycles. The lowest BCUT2D eigenvalue weighted by molar-refractivity contribution is 0.0697. The molecule has 2 aromatic carbocycles. The molecule has 0 bridgehead atoms. The summed E-state index contributed by atoms with van der Waals surface area (Å²) in [5, 5.41) is 15.7. The Bertz CT molecular complexity index is 1520. The third-order valence-electron chi connectivity index (χ3n) is 7.54. The van der Waals surface area contributed by atoms with E-state index in [1.54, 1.807) is 29.5 Å². The molecule has 1 saturated heterocycles. The van der Waals surface area contributed by atoms with E-state index in [0.717, 1.165) is 58.2 Å². The molecule has 7 rings (SSSR count). The van der Waals surface area contributed by atoms with Crippen molar-refractivity contribution in [1.29, 1.82) is 0 Å². The molecule has 3 fully saturated rings. The predicted molar refractivity (Wildman–Crippen MR) is 142 cm³/mol. The smallest absolute Gasteiger partial charge is 0.335 e. The second kappa shape index (κ2) is 8.33. The van der Waals surface area contributed by atoms with Gasteiger partial charge in [0.05, 0.1) is 25.8 Å². The van der Waals surface area contributed by atoms with Crippen LogP contribution in [0.4, 0.5) is 5.13 Å². The number of benzene rings is 2. The van der Waals surface area contributed by atoms with Gasteiger partial charge in [0.15, 0.2) is 5.13 Å². The van der Waals surface area contributed by atoms with Crippen LogP contribution in [0.15, 0.2) is 47.0 Å². The first-order valence-electron chi connectivity index (χ1n) is 12.0. The molecule has 1 N–H and O–H groups in total. The number of piperidine rings is 1. The number of carbonyl (C=O) groups is 1. The van der Waals surface area contributed by atoms with Crippen LogP contribution in [0.5, 0.6) is 0 Å². The number of carboxylic acid groups (broad SMARTS) is 1. The van der Waals surface area contributed by atoms with Crippen LogP contribution in [0.2, 0.25) is 10.0 Å². The molecule has 6 nitrogen and oxygen atoms in total. The Hall–Kier alpha value is -2.87. The number of halogens is 2. The van der Waals surface area contributed by atoms with E-state index in [2.05, 4.69) is 22.2 Å². The molecule has 0 amide bonds. The zero-order chi connectivity index (χ0) is 24.6. The number of fused-ring (bicyclic) bond motifs is 2. The number of hydrogen-bond donors (Lipinski definition) is 1. The zero-order valence-corrected chi connectivity index (χ0v) is 21.4. The number of carboxylic acids is 1. The summed E-state index contributed by atoms with van der Waals surface area (Å²) in [5.74, 6) is 2.10. The van der Waals surface area contributed by atoms with Gasteiger partial charge in [-0.3, -0.25) is 0 Å². The molecule has 0 radical (unpaired) electrons. The van der Waals surface area contributed by atoms with Gasteiger partial charge in [0.2, 0.25) is 0 Å². The van der Waals surface area contributed by atoms with Gasteiger partial charge < -0.3 is 14.5 Å². The summed E-state index contributed by atoms with van der Waals surface area (Å²) in [4.78, 5) is 18.4. The SMILES string of the molecule is O=C(O)c1ccc2nc(N3CC4C(/C=C/c5c(-c6c(Cl)cccc6Cl)noc5C5CC5)C4C3)sc2c1. The maximum Gasteiger partial charge on any atom is 0.335 e. The summed E-state index contributed by atoms with van der Waals surface area (Å²) >= 11 is 14.5. The standard InChI is InChI=1S/C27H21Cl2N3O3S/c28-19-2-1-3-20(29)23(19)24-16(25(35-31-24)13-4-5-13)8-7-15-17-11-32(12-18(15)17)27-30-21-9-6-14(26(33)34)10-22(21)36-27/h1-3,6-10,13,15,17-18H,4-5,11-12H2,(H,33,34)/b8-7+. The molecular formula is C27H21Cl2N3O3S. The largest absolute Gasteiger partial charge is 0.478 e. The van der Waals surface area contributed by atoms with Gasteiger partial charge in [0.1, 0.15) is 11.5 Å². The fourth-order valence-corrected chi connectivity index (χ4v) is 7.02. The highest BCUT2D eigenvalue weighted by molar-refractivity contribution is 7.22. The summed E-state index contributed by atoms with van der Waals surface area (Å²) in [6, 6.07) is 10.6. The highest BCUT2D eigenvalue weighted by atomic mass is 35.5. The van der Waals surface area contributed by atoms with Crippen LogP contribution in [-0.4, -0.2) is 34.3 Å². The summed E-state index contributed by atoms with van der Waals surface area (Å²) in [7, 11) is 0. The normalized spacial score (nSPS) is 23.1. The minimum atomic E-state index is -0.915. The Labute approximate surface area is 221 Å². The summed E-state index contributed by atoms with van der Waals surface area (Å²) in [6.07, 6.45) is 6.70. The van der Waals surface area contributed by atoms with E-state index in [-0.39, 0.29) is 0 Å². The quantitative estimate of drug-likeness (QED) is 0.279. The first kappa shape index (κ1) is 22.3. The van der Waals surface area contributed by atoms with Crippen molar-refractivity contribution in [2.45, 2.75) is 18.8 Å². The van der Waals surface area contributed by atoms with Crippen LogP contribution in [0, 0.1) is 17.8 Å². The van der Waals surface area contributed by atoms with Crippen molar-refractivity contribution in [3.8, 4) is 11.3 Å².